The molecule has 1 aliphatic heterocycles. The van der Waals surface area contributed by atoms with E-state index in [4.69, 9.17) is 16.3 Å². The van der Waals surface area contributed by atoms with Gasteiger partial charge in [-0.15, -0.1) is 11.8 Å². The molecule has 0 bridgehead atoms. The second-order valence-electron chi connectivity index (χ2n) is 8.82. The number of ether oxygens (including phenoxy) is 1. The van der Waals surface area contributed by atoms with Crippen molar-refractivity contribution in [1.29, 1.82) is 0 Å². The van der Waals surface area contributed by atoms with E-state index in [-0.39, 0.29) is 6.61 Å². The Labute approximate surface area is 206 Å². The first-order chi connectivity index (χ1) is 16.2. The summed E-state index contributed by atoms with van der Waals surface area (Å²) in [6.07, 6.45) is 6.37. The molecule has 0 amide bonds. The Morgan fingerprint density at radius 3 is 2.88 bits per heavy atom. The molecule has 1 aliphatic rings. The number of aliphatic hydroxyl groups is 1. The third-order valence-electron chi connectivity index (χ3n) is 6.77. The van der Waals surface area contributed by atoms with Crippen molar-refractivity contribution in [2.45, 2.75) is 30.6 Å². The number of likely N-dealkylation sites (tertiary alicyclic amines) is 1. The van der Waals surface area contributed by atoms with Gasteiger partial charge in [0.25, 0.3) is 0 Å². The first-order valence-corrected chi connectivity index (χ1v) is 13.2. The zero-order valence-electron chi connectivity index (χ0n) is 19.3. The van der Waals surface area contributed by atoms with E-state index in [9.17, 15) is 5.11 Å². The first kappa shape index (κ1) is 24.3. The van der Waals surface area contributed by atoms with Crippen molar-refractivity contribution in [2.75, 3.05) is 39.1 Å². The molecule has 0 unspecified atom stereocenters. The lowest BCUT2D eigenvalue weighted by molar-refractivity contribution is 0.0710. The van der Waals surface area contributed by atoms with E-state index in [0.717, 1.165) is 72.3 Å². The number of pyridine rings is 1. The number of piperidine rings is 1. The molecule has 0 aliphatic carbocycles. The second-order valence-corrected chi connectivity index (χ2v) is 10.4. The maximum absolute atomic E-state index is 10.1. The van der Waals surface area contributed by atoms with Crippen LogP contribution in [-0.4, -0.2) is 54.1 Å². The zero-order valence-corrected chi connectivity index (χ0v) is 20.8. The molecular formula is C27H33ClN2O2S. The largest absolute Gasteiger partial charge is 0.497 e. The molecule has 0 spiro atoms. The molecule has 1 fully saturated rings. The highest BCUT2D eigenvalue weighted by atomic mass is 35.5. The molecule has 0 saturated carbocycles. The average Bonchev–Trinajstić information content (AvgIpc) is 2.85. The van der Waals surface area contributed by atoms with E-state index in [2.05, 4.69) is 28.1 Å². The van der Waals surface area contributed by atoms with Crippen molar-refractivity contribution in [2.24, 2.45) is 11.8 Å². The van der Waals surface area contributed by atoms with Crippen LogP contribution in [0, 0.1) is 11.8 Å². The van der Waals surface area contributed by atoms with Crippen molar-refractivity contribution < 1.29 is 9.84 Å². The Bertz CT molecular complexity index is 1050. The number of hydrogen-bond donors (Lipinski definition) is 1. The molecule has 33 heavy (non-hydrogen) atoms. The molecule has 1 aromatic heterocycles. The van der Waals surface area contributed by atoms with Gasteiger partial charge in [0.05, 0.1) is 17.6 Å². The van der Waals surface area contributed by atoms with Crippen LogP contribution in [0.2, 0.25) is 5.02 Å². The van der Waals surface area contributed by atoms with Crippen LogP contribution in [0.15, 0.2) is 59.6 Å². The summed E-state index contributed by atoms with van der Waals surface area (Å²) in [4.78, 5) is 8.15. The lowest BCUT2D eigenvalue weighted by Crippen LogP contribution is -2.42. The fourth-order valence-corrected chi connectivity index (χ4v) is 6.12. The lowest BCUT2D eigenvalue weighted by Gasteiger charge is -2.38. The molecule has 2 atom stereocenters. The van der Waals surface area contributed by atoms with Gasteiger partial charge in [0, 0.05) is 41.9 Å². The quantitative estimate of drug-likeness (QED) is 0.361. The average molecular weight is 485 g/mol. The Morgan fingerprint density at radius 2 is 2.06 bits per heavy atom. The van der Waals surface area contributed by atoms with Crippen molar-refractivity contribution >= 4 is 34.3 Å². The number of aromatic nitrogens is 1. The highest BCUT2D eigenvalue weighted by Gasteiger charge is 2.28. The second kappa shape index (κ2) is 12.1. The monoisotopic (exact) mass is 484 g/mol. The Morgan fingerprint density at radius 1 is 1.18 bits per heavy atom. The first-order valence-electron chi connectivity index (χ1n) is 11.8. The van der Waals surface area contributed by atoms with Gasteiger partial charge in [0.1, 0.15) is 5.75 Å². The van der Waals surface area contributed by atoms with Gasteiger partial charge >= 0.3 is 0 Å². The summed E-state index contributed by atoms with van der Waals surface area (Å²) in [5.74, 6) is 2.84. The highest BCUT2D eigenvalue weighted by molar-refractivity contribution is 7.99. The number of nitrogens with zero attached hydrogens (tertiary/aromatic N) is 2. The molecule has 1 saturated heterocycles. The highest BCUT2D eigenvalue weighted by Crippen LogP contribution is 2.31. The van der Waals surface area contributed by atoms with Crippen LogP contribution in [0.25, 0.3) is 10.9 Å². The molecule has 0 radical (unpaired) electrons. The lowest BCUT2D eigenvalue weighted by atomic mass is 9.82. The van der Waals surface area contributed by atoms with Crippen LogP contribution in [0.1, 0.15) is 24.8 Å². The molecule has 3 aromatic rings. The molecular weight excluding hydrogens is 452 g/mol. The van der Waals surface area contributed by atoms with Gasteiger partial charge in [0.15, 0.2) is 0 Å². The van der Waals surface area contributed by atoms with Crippen LogP contribution in [-0.2, 0) is 6.42 Å². The van der Waals surface area contributed by atoms with E-state index < -0.39 is 0 Å². The fourth-order valence-electron chi connectivity index (χ4n) is 4.87. The van der Waals surface area contributed by atoms with Gasteiger partial charge in [-0.2, -0.15) is 0 Å². The summed E-state index contributed by atoms with van der Waals surface area (Å²) in [5.41, 5.74) is 2.35. The zero-order chi connectivity index (χ0) is 23.0. The summed E-state index contributed by atoms with van der Waals surface area (Å²) >= 11 is 8.09. The maximum atomic E-state index is 10.1. The summed E-state index contributed by atoms with van der Waals surface area (Å²) < 4.78 is 5.41. The number of thioether (sulfide) groups is 1. The van der Waals surface area contributed by atoms with Gasteiger partial charge in [-0.1, -0.05) is 23.7 Å². The summed E-state index contributed by atoms with van der Waals surface area (Å²) in [6, 6.07) is 16.2. The maximum Gasteiger partial charge on any atom is 0.119 e. The minimum atomic E-state index is 0.272. The van der Waals surface area contributed by atoms with Gasteiger partial charge in [-0.3, -0.25) is 4.98 Å². The van der Waals surface area contributed by atoms with Crippen molar-refractivity contribution in [3.63, 3.8) is 0 Å². The molecule has 4 nitrogen and oxygen atoms in total. The summed E-state index contributed by atoms with van der Waals surface area (Å²) in [6.45, 7) is 3.40. The number of fused-ring (bicyclic) bond motifs is 1. The third-order valence-corrected chi connectivity index (χ3v) is 8.27. The van der Waals surface area contributed by atoms with Crippen LogP contribution in [0.5, 0.6) is 5.75 Å². The predicted molar refractivity (Wildman–Crippen MR) is 139 cm³/mol. The standard InChI is InChI=1S/C27H33ClN2O2S/c1-32-23-9-10-26-24(17-23)21(11-13-29-26)6-4-5-20-12-14-30(18-22(20)19-31)15-16-33-27-8-3-2-7-25(27)28/h2-3,7-11,13,17,20,22,31H,4-6,12,14-16,18-19H2,1H3/t20-,22-/m1/s1. The topological polar surface area (TPSA) is 45.6 Å². The predicted octanol–water partition coefficient (Wildman–Crippen LogP) is 5.94. The molecule has 2 heterocycles. The fraction of sp³-hybridized carbons (Fsp3) is 0.444. The van der Waals surface area contributed by atoms with Crippen LogP contribution in [0.3, 0.4) is 0 Å². The van der Waals surface area contributed by atoms with Crippen molar-refractivity contribution in [1.82, 2.24) is 9.88 Å². The van der Waals surface area contributed by atoms with Gasteiger partial charge < -0.3 is 14.7 Å². The number of hydrogen-bond acceptors (Lipinski definition) is 5. The van der Waals surface area contributed by atoms with E-state index in [1.165, 1.54) is 10.9 Å². The SMILES string of the molecule is COc1ccc2nccc(CCC[C@@H]3CCN(CCSc4ccccc4Cl)C[C@@H]3CO)c2c1. The molecule has 2 aromatic carbocycles. The molecule has 6 heteroatoms. The Hall–Kier alpha value is -1.79. The van der Waals surface area contributed by atoms with E-state index >= 15 is 0 Å². The molecule has 1 N–H and O–H groups in total. The molecule has 176 valence electrons. The number of aryl methyl sites for hydroxylation is 1. The number of halogens is 1. The smallest absolute Gasteiger partial charge is 0.119 e. The van der Waals surface area contributed by atoms with E-state index in [1.807, 2.05) is 48.3 Å². The van der Waals surface area contributed by atoms with Crippen molar-refractivity contribution in [3.8, 4) is 5.75 Å². The Balaban J connectivity index is 1.26. The van der Waals surface area contributed by atoms with Gasteiger partial charge in [-0.05, 0) is 86.0 Å². The van der Waals surface area contributed by atoms with Gasteiger partial charge in [0.2, 0.25) is 0 Å². The number of rotatable bonds is 10. The minimum Gasteiger partial charge on any atom is -0.497 e. The third kappa shape index (κ3) is 6.42. The molecule has 4 rings (SSSR count). The minimum absolute atomic E-state index is 0.272. The number of methoxy groups -OCH3 is 1. The van der Waals surface area contributed by atoms with Crippen LogP contribution in [0.4, 0.5) is 0 Å². The van der Waals surface area contributed by atoms with E-state index in [0.29, 0.717) is 11.8 Å². The summed E-state index contributed by atoms with van der Waals surface area (Å²) in [7, 11) is 1.70. The van der Waals surface area contributed by atoms with Gasteiger partial charge in [-0.25, -0.2) is 0 Å². The summed E-state index contributed by atoms with van der Waals surface area (Å²) in [5, 5.41) is 12.1. The van der Waals surface area contributed by atoms with Crippen LogP contribution < -0.4 is 4.74 Å². The number of benzene rings is 2. The van der Waals surface area contributed by atoms with Crippen molar-refractivity contribution in [3.05, 3.63) is 65.3 Å². The number of aliphatic hydroxyl groups excluding tert-OH is 1. The normalized spacial score (nSPS) is 19.1. The van der Waals surface area contributed by atoms with E-state index in [1.54, 1.807) is 7.11 Å². The van der Waals surface area contributed by atoms with Crippen LogP contribution >= 0.6 is 23.4 Å². The Kier molecular flexibility index (Phi) is 8.90.